The maximum Gasteiger partial charge on any atom is 0.252 e. The van der Waals surface area contributed by atoms with E-state index in [1.807, 2.05) is 6.07 Å². The molecule has 0 bridgehead atoms. The second-order valence-corrected chi connectivity index (χ2v) is 6.62. The second-order valence-electron chi connectivity index (χ2n) is 6.62. The molecular formula is C21H27N5O3. The molecule has 0 aliphatic carbocycles. The van der Waals surface area contributed by atoms with Crippen LogP contribution in [0.2, 0.25) is 0 Å². The Bertz CT molecular complexity index is 870. The number of amides is 1. The molecule has 3 rings (SSSR count). The summed E-state index contributed by atoms with van der Waals surface area (Å²) in [6.07, 6.45) is 4.09. The van der Waals surface area contributed by atoms with Crippen molar-refractivity contribution in [3.05, 3.63) is 53.3 Å². The van der Waals surface area contributed by atoms with Crippen LogP contribution in [0.3, 0.4) is 0 Å². The topological polar surface area (TPSA) is 88.1 Å². The summed E-state index contributed by atoms with van der Waals surface area (Å²) in [5.74, 6) is 2.16. The van der Waals surface area contributed by atoms with Crippen LogP contribution in [0.15, 0.2) is 41.7 Å². The van der Waals surface area contributed by atoms with E-state index in [0.717, 1.165) is 37.0 Å². The van der Waals surface area contributed by atoms with Crippen molar-refractivity contribution >= 4 is 11.9 Å². The van der Waals surface area contributed by atoms with E-state index < -0.39 is 0 Å². The van der Waals surface area contributed by atoms with E-state index >= 15 is 0 Å². The molecule has 8 nitrogen and oxygen atoms in total. The summed E-state index contributed by atoms with van der Waals surface area (Å²) in [6, 6.07) is 7.56. The van der Waals surface area contributed by atoms with E-state index in [0.29, 0.717) is 18.7 Å². The first-order valence-electron chi connectivity index (χ1n) is 9.54. The zero-order chi connectivity index (χ0) is 20.6. The minimum Gasteiger partial charge on any atom is -0.493 e. The van der Waals surface area contributed by atoms with Gasteiger partial charge in [0.25, 0.3) is 5.91 Å². The Hall–Kier alpha value is -3.29. The number of aliphatic imine (C=N–C) groups is 1. The van der Waals surface area contributed by atoms with Gasteiger partial charge in [-0.25, -0.2) is 0 Å². The number of carbonyl (C=O) groups is 1. The molecule has 154 valence electrons. The number of ether oxygens (including phenoxy) is 2. The number of fused-ring (bicyclic) bond motifs is 1. The molecule has 1 aliphatic rings. The van der Waals surface area contributed by atoms with Crippen LogP contribution in [0.25, 0.3) is 0 Å². The first kappa shape index (κ1) is 20.4. The van der Waals surface area contributed by atoms with E-state index in [2.05, 4.69) is 31.6 Å². The fourth-order valence-electron chi connectivity index (χ4n) is 3.35. The van der Waals surface area contributed by atoms with Gasteiger partial charge in [0.05, 0.1) is 19.8 Å². The van der Waals surface area contributed by atoms with Crippen molar-refractivity contribution in [2.75, 3.05) is 40.9 Å². The fraction of sp³-hybridized carbons (Fsp3) is 0.381. The minimum absolute atomic E-state index is 0.136. The molecule has 0 fully saturated rings. The van der Waals surface area contributed by atoms with Gasteiger partial charge >= 0.3 is 0 Å². The molecule has 0 unspecified atom stereocenters. The summed E-state index contributed by atoms with van der Waals surface area (Å²) in [7, 11) is 5.06. The molecule has 1 aromatic carbocycles. The number of rotatable bonds is 6. The number of aromatic nitrogens is 1. The predicted octanol–water partition coefficient (Wildman–Crippen LogP) is 1.46. The van der Waals surface area contributed by atoms with Crippen molar-refractivity contribution in [3.8, 4) is 11.5 Å². The van der Waals surface area contributed by atoms with Gasteiger partial charge in [-0.15, -0.1) is 0 Å². The van der Waals surface area contributed by atoms with Crippen LogP contribution in [0.1, 0.15) is 21.5 Å². The van der Waals surface area contributed by atoms with E-state index in [4.69, 9.17) is 9.47 Å². The van der Waals surface area contributed by atoms with Gasteiger partial charge in [0.15, 0.2) is 17.5 Å². The van der Waals surface area contributed by atoms with Gasteiger partial charge in [-0.05, 0) is 41.8 Å². The van der Waals surface area contributed by atoms with Gasteiger partial charge < -0.3 is 25.0 Å². The number of hydrogen-bond donors (Lipinski definition) is 2. The Labute approximate surface area is 170 Å². The molecular weight excluding hydrogens is 370 g/mol. The highest BCUT2D eigenvalue weighted by molar-refractivity contribution is 5.93. The summed E-state index contributed by atoms with van der Waals surface area (Å²) < 4.78 is 10.8. The molecule has 0 spiro atoms. The molecule has 0 saturated heterocycles. The third-order valence-electron chi connectivity index (χ3n) is 4.85. The monoisotopic (exact) mass is 397 g/mol. The van der Waals surface area contributed by atoms with Gasteiger partial charge in [0, 0.05) is 45.6 Å². The Balaban J connectivity index is 1.54. The predicted molar refractivity (Wildman–Crippen MR) is 112 cm³/mol. The average molecular weight is 397 g/mol. The molecule has 0 atom stereocenters. The minimum atomic E-state index is -0.136. The lowest BCUT2D eigenvalue weighted by molar-refractivity contribution is 0.0954. The molecule has 2 aromatic rings. The molecule has 1 amide bonds. The Morgan fingerprint density at radius 2 is 1.90 bits per heavy atom. The first-order chi connectivity index (χ1) is 14.2. The molecule has 2 heterocycles. The number of benzene rings is 1. The number of guanidine groups is 1. The van der Waals surface area contributed by atoms with Crippen molar-refractivity contribution in [1.82, 2.24) is 20.5 Å². The van der Waals surface area contributed by atoms with E-state index in [9.17, 15) is 4.79 Å². The van der Waals surface area contributed by atoms with Crippen LogP contribution < -0.4 is 20.1 Å². The van der Waals surface area contributed by atoms with Crippen LogP contribution in [0, 0.1) is 0 Å². The normalized spacial score (nSPS) is 13.5. The third kappa shape index (κ3) is 4.96. The molecule has 0 saturated carbocycles. The fourth-order valence-corrected chi connectivity index (χ4v) is 3.35. The number of pyridine rings is 1. The number of nitrogens with zero attached hydrogens (tertiary/aromatic N) is 3. The van der Waals surface area contributed by atoms with Crippen molar-refractivity contribution in [1.29, 1.82) is 0 Å². The molecule has 1 aromatic heterocycles. The second kappa shape index (κ2) is 9.77. The largest absolute Gasteiger partial charge is 0.493 e. The van der Waals surface area contributed by atoms with Crippen LogP contribution in [0.4, 0.5) is 0 Å². The summed E-state index contributed by atoms with van der Waals surface area (Å²) >= 11 is 0. The Kier molecular flexibility index (Phi) is 6.89. The molecule has 1 aliphatic heterocycles. The van der Waals surface area contributed by atoms with Crippen LogP contribution in [-0.4, -0.2) is 62.7 Å². The standard InChI is InChI=1S/C21H27N5O3/c1-22-21(25-9-8-24-20(27)16-5-4-7-23-13-16)26-10-6-15-11-18(28-2)19(29-3)12-17(15)14-26/h4-5,7,11-13H,6,8-10,14H2,1-3H3,(H,22,25)(H,24,27). The van der Waals surface area contributed by atoms with Gasteiger partial charge in [0.1, 0.15) is 0 Å². The summed E-state index contributed by atoms with van der Waals surface area (Å²) in [5, 5.41) is 6.20. The molecule has 0 radical (unpaired) electrons. The van der Waals surface area contributed by atoms with Crippen molar-refractivity contribution in [2.24, 2.45) is 4.99 Å². The lowest BCUT2D eigenvalue weighted by atomic mass is 9.99. The quantitative estimate of drug-likeness (QED) is 0.436. The Morgan fingerprint density at radius 1 is 1.17 bits per heavy atom. The average Bonchev–Trinajstić information content (AvgIpc) is 2.78. The van der Waals surface area contributed by atoms with Crippen LogP contribution in [-0.2, 0) is 13.0 Å². The number of carbonyl (C=O) groups excluding carboxylic acids is 1. The van der Waals surface area contributed by atoms with Gasteiger partial charge in [-0.1, -0.05) is 0 Å². The van der Waals surface area contributed by atoms with Crippen molar-refractivity contribution in [2.45, 2.75) is 13.0 Å². The highest BCUT2D eigenvalue weighted by Crippen LogP contribution is 2.33. The molecule has 29 heavy (non-hydrogen) atoms. The van der Waals surface area contributed by atoms with Crippen molar-refractivity contribution in [3.63, 3.8) is 0 Å². The van der Waals surface area contributed by atoms with Crippen LogP contribution in [0.5, 0.6) is 11.5 Å². The van der Waals surface area contributed by atoms with E-state index in [1.165, 1.54) is 11.1 Å². The summed E-state index contributed by atoms with van der Waals surface area (Å²) in [6.45, 7) is 2.65. The maximum atomic E-state index is 12.1. The smallest absolute Gasteiger partial charge is 0.252 e. The van der Waals surface area contributed by atoms with Crippen molar-refractivity contribution < 1.29 is 14.3 Å². The highest BCUT2D eigenvalue weighted by atomic mass is 16.5. The zero-order valence-corrected chi connectivity index (χ0v) is 17.1. The third-order valence-corrected chi connectivity index (χ3v) is 4.85. The Morgan fingerprint density at radius 3 is 2.55 bits per heavy atom. The van der Waals surface area contributed by atoms with Crippen LogP contribution >= 0.6 is 0 Å². The molecule has 2 N–H and O–H groups in total. The lowest BCUT2D eigenvalue weighted by Gasteiger charge is -2.32. The number of methoxy groups -OCH3 is 2. The van der Waals surface area contributed by atoms with Gasteiger partial charge in [-0.3, -0.25) is 14.8 Å². The number of hydrogen-bond acceptors (Lipinski definition) is 5. The van der Waals surface area contributed by atoms with Gasteiger partial charge in [-0.2, -0.15) is 0 Å². The first-order valence-corrected chi connectivity index (χ1v) is 9.54. The van der Waals surface area contributed by atoms with E-state index in [-0.39, 0.29) is 5.91 Å². The van der Waals surface area contributed by atoms with Gasteiger partial charge in [0.2, 0.25) is 0 Å². The maximum absolute atomic E-state index is 12.1. The molecule has 8 heteroatoms. The van der Waals surface area contributed by atoms with E-state index in [1.54, 1.807) is 45.8 Å². The zero-order valence-electron chi connectivity index (χ0n) is 17.1. The summed E-state index contributed by atoms with van der Waals surface area (Å²) in [4.78, 5) is 22.6. The number of nitrogens with one attached hydrogen (secondary N) is 2. The highest BCUT2D eigenvalue weighted by Gasteiger charge is 2.21. The summed E-state index contributed by atoms with van der Waals surface area (Å²) in [5.41, 5.74) is 3.01. The lowest BCUT2D eigenvalue weighted by Crippen LogP contribution is -2.46. The SMILES string of the molecule is CN=C(NCCNC(=O)c1cccnc1)N1CCc2cc(OC)c(OC)cc2C1.